The van der Waals surface area contributed by atoms with Gasteiger partial charge in [-0.05, 0) is 41.1 Å². The van der Waals surface area contributed by atoms with Crippen molar-refractivity contribution in [3.63, 3.8) is 0 Å². The number of ether oxygens (including phenoxy) is 1. The number of aromatic nitrogens is 4. The van der Waals surface area contributed by atoms with Gasteiger partial charge in [0.25, 0.3) is 0 Å². The van der Waals surface area contributed by atoms with Gasteiger partial charge in [0.05, 0.1) is 30.5 Å². The molecular weight excluding hydrogens is 347 g/mol. The van der Waals surface area contributed by atoms with Gasteiger partial charge in [-0.1, -0.05) is 0 Å². The van der Waals surface area contributed by atoms with E-state index in [1.807, 2.05) is 0 Å². The molecule has 1 aromatic carbocycles. The van der Waals surface area contributed by atoms with Gasteiger partial charge >= 0.3 is 6.18 Å². The van der Waals surface area contributed by atoms with Gasteiger partial charge in [0.1, 0.15) is 0 Å². The summed E-state index contributed by atoms with van der Waals surface area (Å²) in [7, 11) is 0. The fraction of sp³-hybridized carbons (Fsp3) is 0.500. The predicted molar refractivity (Wildman–Crippen MR) is 80.0 cm³/mol. The first-order chi connectivity index (χ1) is 11.0. The van der Waals surface area contributed by atoms with Crippen LogP contribution in [0.5, 0.6) is 0 Å². The Labute approximate surface area is 142 Å². The monoisotopic (exact) mass is 361 g/mol. The Balaban J connectivity index is 0.00000169. The van der Waals surface area contributed by atoms with Gasteiger partial charge in [-0.2, -0.15) is 17.9 Å². The summed E-state index contributed by atoms with van der Waals surface area (Å²) in [5.41, 5.74) is -0.177. The Morgan fingerprint density at radius 2 is 1.96 bits per heavy atom. The number of alkyl halides is 3. The summed E-state index contributed by atoms with van der Waals surface area (Å²) in [6, 6.07) is 5.20. The van der Waals surface area contributed by atoms with E-state index in [-0.39, 0.29) is 18.5 Å². The number of nitrogens with zero attached hydrogens (tertiary/aromatic N) is 5. The molecule has 2 aromatic rings. The first-order valence-electron chi connectivity index (χ1n) is 7.31. The smallest absolute Gasteiger partial charge is 0.375 e. The molecule has 2 aliphatic heterocycles. The molecule has 24 heavy (non-hydrogen) atoms. The van der Waals surface area contributed by atoms with Gasteiger partial charge in [0.15, 0.2) is 5.82 Å². The molecule has 2 saturated heterocycles. The molecule has 2 unspecified atom stereocenters. The predicted octanol–water partition coefficient (Wildman–Crippen LogP) is 2.08. The minimum Gasteiger partial charge on any atom is -0.375 e. The average Bonchev–Trinajstić information content (AvgIpc) is 3.23. The molecular formula is C14H15ClF3N5O. The molecule has 2 atom stereocenters. The topological polar surface area (TPSA) is 56.1 Å². The lowest BCUT2D eigenvalue weighted by Crippen LogP contribution is -2.37. The van der Waals surface area contributed by atoms with E-state index in [1.54, 1.807) is 0 Å². The van der Waals surface area contributed by atoms with Crippen LogP contribution < -0.4 is 0 Å². The first-order valence-corrected chi connectivity index (χ1v) is 7.31. The average molecular weight is 362 g/mol. The SMILES string of the molecule is Cl.FC(F)(F)c1ccc(-n2nnnc2CN2CC3CC2CO3)cc1. The standard InChI is InChI=1S/C14H14F3N5O.ClH/c15-14(16,17)9-1-3-10(4-2-9)22-13(18-19-20-22)7-21-6-12-5-11(21)8-23-12;/h1-4,11-12H,5-8H2;1H. The molecule has 130 valence electrons. The van der Waals surface area contributed by atoms with Crippen LogP contribution in [0.3, 0.4) is 0 Å². The number of hydrogen-bond donors (Lipinski definition) is 0. The van der Waals surface area contributed by atoms with Crippen molar-refractivity contribution in [1.29, 1.82) is 0 Å². The van der Waals surface area contributed by atoms with Gasteiger partial charge in [-0.3, -0.25) is 4.90 Å². The Hall–Kier alpha value is -1.71. The highest BCUT2D eigenvalue weighted by Crippen LogP contribution is 2.30. The molecule has 0 aliphatic carbocycles. The highest BCUT2D eigenvalue weighted by molar-refractivity contribution is 5.85. The Bertz CT molecular complexity index is 705. The van der Waals surface area contributed by atoms with Crippen LogP contribution in [0.1, 0.15) is 17.8 Å². The van der Waals surface area contributed by atoms with Crippen LogP contribution >= 0.6 is 12.4 Å². The molecule has 4 rings (SSSR count). The van der Waals surface area contributed by atoms with Crippen molar-refractivity contribution in [1.82, 2.24) is 25.1 Å². The largest absolute Gasteiger partial charge is 0.416 e. The summed E-state index contributed by atoms with van der Waals surface area (Å²) in [6.07, 6.45) is -3.06. The van der Waals surface area contributed by atoms with E-state index in [0.717, 1.165) is 25.1 Å². The van der Waals surface area contributed by atoms with Crippen molar-refractivity contribution >= 4 is 12.4 Å². The van der Waals surface area contributed by atoms with E-state index in [1.165, 1.54) is 16.8 Å². The zero-order valence-corrected chi connectivity index (χ0v) is 13.3. The minimum absolute atomic E-state index is 0. The van der Waals surface area contributed by atoms with Crippen LogP contribution in [0.2, 0.25) is 0 Å². The minimum atomic E-state index is -4.35. The molecule has 6 nitrogen and oxygen atoms in total. The van der Waals surface area contributed by atoms with Crippen molar-refractivity contribution in [2.75, 3.05) is 13.2 Å². The lowest BCUT2D eigenvalue weighted by Gasteiger charge is -2.25. The summed E-state index contributed by atoms with van der Waals surface area (Å²) in [4.78, 5) is 2.25. The van der Waals surface area contributed by atoms with Crippen LogP contribution in [-0.2, 0) is 17.5 Å². The number of halogens is 4. The summed E-state index contributed by atoms with van der Waals surface area (Å²) in [5.74, 6) is 0.609. The third-order valence-corrected chi connectivity index (χ3v) is 4.33. The second-order valence-electron chi connectivity index (χ2n) is 5.83. The first kappa shape index (κ1) is 17.1. The molecule has 1 aromatic heterocycles. The Morgan fingerprint density at radius 3 is 2.54 bits per heavy atom. The number of fused-ring (bicyclic) bond motifs is 2. The number of likely N-dealkylation sites (tertiary alicyclic amines) is 1. The number of tetrazole rings is 1. The van der Waals surface area contributed by atoms with E-state index >= 15 is 0 Å². The van der Waals surface area contributed by atoms with E-state index in [0.29, 0.717) is 30.7 Å². The lowest BCUT2D eigenvalue weighted by atomic mass is 10.2. The molecule has 0 radical (unpaired) electrons. The summed E-state index contributed by atoms with van der Waals surface area (Å²) < 4.78 is 44.9. The molecule has 0 spiro atoms. The highest BCUT2D eigenvalue weighted by atomic mass is 35.5. The molecule has 10 heteroatoms. The maximum absolute atomic E-state index is 12.6. The van der Waals surface area contributed by atoms with Gasteiger partial charge < -0.3 is 4.74 Å². The zero-order valence-electron chi connectivity index (χ0n) is 12.5. The van der Waals surface area contributed by atoms with Crippen molar-refractivity contribution in [2.24, 2.45) is 0 Å². The lowest BCUT2D eigenvalue weighted by molar-refractivity contribution is -0.137. The molecule has 2 fully saturated rings. The molecule has 2 bridgehead atoms. The quantitative estimate of drug-likeness (QED) is 0.837. The van der Waals surface area contributed by atoms with Crippen molar-refractivity contribution in [2.45, 2.75) is 31.3 Å². The molecule has 0 amide bonds. The maximum Gasteiger partial charge on any atom is 0.416 e. The molecule has 0 N–H and O–H groups in total. The fourth-order valence-electron chi connectivity index (χ4n) is 3.15. The third-order valence-electron chi connectivity index (χ3n) is 4.33. The van der Waals surface area contributed by atoms with E-state index in [2.05, 4.69) is 20.4 Å². The van der Waals surface area contributed by atoms with Gasteiger partial charge in [0.2, 0.25) is 0 Å². The van der Waals surface area contributed by atoms with Gasteiger partial charge in [0, 0.05) is 12.6 Å². The van der Waals surface area contributed by atoms with Gasteiger partial charge in [-0.25, -0.2) is 0 Å². The highest BCUT2D eigenvalue weighted by Gasteiger charge is 2.39. The van der Waals surface area contributed by atoms with Gasteiger partial charge in [-0.15, -0.1) is 17.5 Å². The van der Waals surface area contributed by atoms with Crippen LogP contribution in [0.15, 0.2) is 24.3 Å². The number of rotatable bonds is 3. The van der Waals surface area contributed by atoms with Crippen molar-refractivity contribution < 1.29 is 17.9 Å². The van der Waals surface area contributed by atoms with Crippen LogP contribution in [0.4, 0.5) is 13.2 Å². The van der Waals surface area contributed by atoms with Crippen molar-refractivity contribution in [3.05, 3.63) is 35.7 Å². The van der Waals surface area contributed by atoms with Crippen LogP contribution in [-0.4, -0.2) is 50.4 Å². The van der Waals surface area contributed by atoms with Crippen LogP contribution in [0, 0.1) is 0 Å². The molecule has 0 saturated carbocycles. The second-order valence-corrected chi connectivity index (χ2v) is 5.83. The number of benzene rings is 1. The Morgan fingerprint density at radius 1 is 1.21 bits per heavy atom. The van der Waals surface area contributed by atoms with E-state index < -0.39 is 11.7 Å². The summed E-state index contributed by atoms with van der Waals surface area (Å²) >= 11 is 0. The maximum atomic E-state index is 12.6. The van der Waals surface area contributed by atoms with Crippen LogP contribution in [0.25, 0.3) is 5.69 Å². The van der Waals surface area contributed by atoms with E-state index in [9.17, 15) is 13.2 Å². The summed E-state index contributed by atoms with van der Waals surface area (Å²) in [6.45, 7) is 2.11. The van der Waals surface area contributed by atoms with E-state index in [4.69, 9.17) is 4.74 Å². The molecule has 3 heterocycles. The number of hydrogen-bond acceptors (Lipinski definition) is 5. The second kappa shape index (κ2) is 6.30. The van der Waals surface area contributed by atoms with Crippen molar-refractivity contribution in [3.8, 4) is 5.69 Å². The number of morpholine rings is 1. The zero-order chi connectivity index (χ0) is 16.0. The fourth-order valence-corrected chi connectivity index (χ4v) is 3.15. The third kappa shape index (κ3) is 3.11. The molecule has 2 aliphatic rings. The normalized spacial score (nSPS) is 23.5. The Kier molecular flexibility index (Phi) is 4.50. The summed E-state index contributed by atoms with van der Waals surface area (Å²) in [5, 5.41) is 11.6.